The lowest BCUT2D eigenvalue weighted by Gasteiger charge is -2.38. The molecule has 4 aromatic rings. The molecule has 46 heavy (non-hydrogen) atoms. The van der Waals surface area contributed by atoms with Crippen molar-refractivity contribution in [2.24, 2.45) is 0 Å². The van der Waals surface area contributed by atoms with E-state index in [9.17, 15) is 14.9 Å². The number of nitrogens with one attached hydrogen (secondary N) is 1. The summed E-state index contributed by atoms with van der Waals surface area (Å²) in [5.41, 5.74) is 4.60. The molecule has 3 heterocycles. The van der Waals surface area contributed by atoms with Gasteiger partial charge >= 0.3 is 0 Å². The minimum Gasteiger partial charge on any atom is -0.493 e. The number of nitriles is 1. The molecule has 234 valence electrons. The molecule has 2 amide bonds. The zero-order valence-electron chi connectivity index (χ0n) is 25.9. The molecule has 9 heteroatoms. The number of aryl methyl sites for hydroxylation is 1. The SMILES string of the molecule is COc1ccc2cc1OCCCNC(=O)CCc1cccc(c1)Oc1cc3c(cc1OC)C2N(C(=O)c1cccc(C#N)c1)CC3. The van der Waals surface area contributed by atoms with Gasteiger partial charge in [0.05, 0.1) is 38.5 Å². The first-order valence-corrected chi connectivity index (χ1v) is 15.3. The second-order valence-corrected chi connectivity index (χ2v) is 11.3. The van der Waals surface area contributed by atoms with Crippen molar-refractivity contribution in [1.29, 1.82) is 5.26 Å². The van der Waals surface area contributed by atoms with Crippen molar-refractivity contribution >= 4 is 11.8 Å². The van der Waals surface area contributed by atoms with Gasteiger partial charge in [-0.3, -0.25) is 9.59 Å². The first-order valence-electron chi connectivity index (χ1n) is 15.3. The molecule has 0 radical (unpaired) electrons. The molecule has 1 atom stereocenters. The Morgan fingerprint density at radius 3 is 2.61 bits per heavy atom. The number of benzene rings is 4. The van der Waals surface area contributed by atoms with Crippen LogP contribution in [0.4, 0.5) is 0 Å². The number of ether oxygens (including phenoxy) is 4. The predicted octanol–water partition coefficient (Wildman–Crippen LogP) is 5.99. The van der Waals surface area contributed by atoms with Crippen molar-refractivity contribution < 1.29 is 28.5 Å². The summed E-state index contributed by atoms with van der Waals surface area (Å²) in [6.07, 6.45) is 2.13. The van der Waals surface area contributed by atoms with Crippen LogP contribution in [0.25, 0.3) is 0 Å². The highest BCUT2D eigenvalue weighted by Gasteiger charge is 2.35. The van der Waals surface area contributed by atoms with E-state index in [-0.39, 0.29) is 11.8 Å². The smallest absolute Gasteiger partial charge is 0.254 e. The van der Waals surface area contributed by atoms with Crippen molar-refractivity contribution in [2.75, 3.05) is 33.9 Å². The lowest BCUT2D eigenvalue weighted by atomic mass is 9.87. The van der Waals surface area contributed by atoms with Gasteiger partial charge in [-0.1, -0.05) is 24.3 Å². The summed E-state index contributed by atoms with van der Waals surface area (Å²) in [7, 11) is 3.18. The van der Waals surface area contributed by atoms with Crippen molar-refractivity contribution in [3.05, 3.63) is 112 Å². The van der Waals surface area contributed by atoms with Gasteiger partial charge in [0.1, 0.15) is 5.75 Å². The molecular formula is C37H35N3O6. The molecule has 4 aromatic carbocycles. The Morgan fingerprint density at radius 2 is 1.78 bits per heavy atom. The van der Waals surface area contributed by atoms with Crippen LogP contribution in [0.15, 0.2) is 78.9 Å². The van der Waals surface area contributed by atoms with Gasteiger partial charge in [0, 0.05) is 25.1 Å². The maximum atomic E-state index is 14.1. The number of rotatable bonds is 3. The van der Waals surface area contributed by atoms with Crippen LogP contribution in [0, 0.1) is 11.3 Å². The Balaban J connectivity index is 1.48. The minimum absolute atomic E-state index is 0.0303. The van der Waals surface area contributed by atoms with Gasteiger partial charge in [-0.15, -0.1) is 0 Å². The number of hydrogen-bond acceptors (Lipinski definition) is 7. The fraction of sp³-hybridized carbons (Fsp3) is 0.270. The molecule has 0 saturated heterocycles. The number of amides is 2. The van der Waals surface area contributed by atoms with Crippen LogP contribution in [0.5, 0.6) is 28.7 Å². The number of hydrogen-bond donors (Lipinski definition) is 1. The highest BCUT2D eigenvalue weighted by molar-refractivity contribution is 5.95. The van der Waals surface area contributed by atoms with Crippen LogP contribution in [-0.4, -0.2) is 50.6 Å². The molecule has 0 fully saturated rings. The minimum atomic E-state index is -0.494. The fourth-order valence-corrected chi connectivity index (χ4v) is 6.03. The third-order valence-electron chi connectivity index (χ3n) is 8.32. The third-order valence-corrected chi connectivity index (χ3v) is 8.32. The van der Waals surface area contributed by atoms with E-state index in [0.29, 0.717) is 85.3 Å². The second-order valence-electron chi connectivity index (χ2n) is 11.3. The lowest BCUT2D eigenvalue weighted by molar-refractivity contribution is -0.121. The molecule has 0 saturated carbocycles. The van der Waals surface area contributed by atoms with Crippen molar-refractivity contribution in [3.8, 4) is 34.8 Å². The molecular weight excluding hydrogens is 582 g/mol. The average Bonchev–Trinajstić information content (AvgIpc) is 3.09. The standard InChI is InChI=1S/C37H35N3O6/c1-43-31-12-11-27-21-33(31)45-17-5-15-39-35(41)13-10-24-6-4-9-29(19-24)46-34-20-26-14-16-40(36(27)30(26)22-32(34)44-2)37(42)28-8-3-7-25(18-28)23-38/h3-4,6-9,11-12,18-22,36H,5,10,13-17H2,1-2H3,(H,39,41). The van der Waals surface area contributed by atoms with Gasteiger partial charge in [-0.05, 0) is 96.1 Å². The predicted molar refractivity (Wildman–Crippen MR) is 172 cm³/mol. The molecule has 0 spiro atoms. The van der Waals surface area contributed by atoms with Crippen LogP contribution < -0.4 is 24.3 Å². The number of methoxy groups -OCH3 is 2. The van der Waals surface area contributed by atoms with E-state index in [1.165, 1.54) is 0 Å². The summed E-state index contributed by atoms with van der Waals surface area (Å²) in [6.45, 7) is 1.28. The van der Waals surface area contributed by atoms with Crippen LogP contribution in [0.2, 0.25) is 0 Å². The largest absolute Gasteiger partial charge is 0.493 e. The number of fused-ring (bicyclic) bond motifs is 8. The van der Waals surface area contributed by atoms with E-state index in [1.54, 1.807) is 38.5 Å². The fourth-order valence-electron chi connectivity index (χ4n) is 6.03. The van der Waals surface area contributed by atoms with Gasteiger partial charge < -0.3 is 29.2 Å². The van der Waals surface area contributed by atoms with Crippen LogP contribution in [0.3, 0.4) is 0 Å². The van der Waals surface area contributed by atoms with E-state index in [2.05, 4.69) is 11.4 Å². The molecule has 1 unspecified atom stereocenters. The Labute approximate surface area is 268 Å². The van der Waals surface area contributed by atoms with Gasteiger partial charge in [0.2, 0.25) is 5.91 Å². The zero-order chi connectivity index (χ0) is 32.0. The van der Waals surface area contributed by atoms with Crippen molar-refractivity contribution in [2.45, 2.75) is 31.7 Å². The maximum Gasteiger partial charge on any atom is 0.254 e. The quantitative estimate of drug-likeness (QED) is 0.301. The summed E-state index contributed by atoms with van der Waals surface area (Å²) < 4.78 is 24.0. The van der Waals surface area contributed by atoms with Gasteiger partial charge in [-0.25, -0.2) is 0 Å². The zero-order valence-corrected chi connectivity index (χ0v) is 25.9. The van der Waals surface area contributed by atoms with Crippen LogP contribution in [-0.2, 0) is 17.6 Å². The Bertz CT molecular complexity index is 1810. The highest BCUT2D eigenvalue weighted by atomic mass is 16.5. The summed E-state index contributed by atoms with van der Waals surface area (Å²) in [5, 5.41) is 12.5. The summed E-state index contributed by atoms with van der Waals surface area (Å²) in [4.78, 5) is 28.5. The van der Waals surface area contributed by atoms with Gasteiger partial charge in [0.25, 0.3) is 5.91 Å². The topological polar surface area (TPSA) is 110 Å². The highest BCUT2D eigenvalue weighted by Crippen LogP contribution is 2.44. The first-order chi connectivity index (χ1) is 22.5. The Hall–Kier alpha value is -5.49. The normalized spacial score (nSPS) is 16.2. The molecule has 0 aromatic heterocycles. The molecule has 3 aliphatic rings. The molecule has 9 nitrogen and oxygen atoms in total. The summed E-state index contributed by atoms with van der Waals surface area (Å²) in [5.74, 6) is 2.61. The van der Waals surface area contributed by atoms with E-state index in [0.717, 1.165) is 22.3 Å². The van der Waals surface area contributed by atoms with E-state index < -0.39 is 6.04 Å². The molecule has 0 aliphatic carbocycles. The third kappa shape index (κ3) is 6.47. The second kappa shape index (κ2) is 13.7. The molecule has 8 bridgehead atoms. The Morgan fingerprint density at radius 1 is 0.935 bits per heavy atom. The number of nitrogens with zero attached hydrogens (tertiary/aromatic N) is 2. The molecule has 3 aliphatic heterocycles. The van der Waals surface area contributed by atoms with Crippen molar-refractivity contribution in [1.82, 2.24) is 10.2 Å². The Kier molecular flexibility index (Phi) is 9.06. The summed E-state index contributed by atoms with van der Waals surface area (Å²) in [6, 6.07) is 25.7. The van der Waals surface area contributed by atoms with Crippen LogP contribution in [0.1, 0.15) is 57.1 Å². The summed E-state index contributed by atoms with van der Waals surface area (Å²) >= 11 is 0. The molecule has 7 rings (SSSR count). The average molecular weight is 618 g/mol. The van der Waals surface area contributed by atoms with Gasteiger partial charge in [0.15, 0.2) is 23.0 Å². The van der Waals surface area contributed by atoms with Crippen molar-refractivity contribution in [3.63, 3.8) is 0 Å². The molecule has 1 N–H and O–H groups in total. The van der Waals surface area contributed by atoms with E-state index in [1.807, 2.05) is 59.5 Å². The number of carbonyl (C=O) groups excluding carboxylic acids is 2. The van der Waals surface area contributed by atoms with Crippen LogP contribution >= 0.6 is 0 Å². The number of carbonyl (C=O) groups is 2. The van der Waals surface area contributed by atoms with Gasteiger partial charge in [-0.2, -0.15) is 5.26 Å². The van der Waals surface area contributed by atoms with E-state index >= 15 is 0 Å². The maximum absolute atomic E-state index is 14.1. The lowest BCUT2D eigenvalue weighted by Crippen LogP contribution is -2.40. The van der Waals surface area contributed by atoms with E-state index in [4.69, 9.17) is 18.9 Å². The monoisotopic (exact) mass is 617 g/mol. The first kappa shape index (κ1) is 30.5.